The van der Waals surface area contributed by atoms with Gasteiger partial charge in [0.1, 0.15) is 5.82 Å². The Balaban J connectivity index is 1.25. The lowest BCUT2D eigenvalue weighted by molar-refractivity contribution is 0.0911. The first-order chi connectivity index (χ1) is 13.7. The molecule has 2 aromatic rings. The van der Waals surface area contributed by atoms with Crippen LogP contribution in [0.3, 0.4) is 0 Å². The maximum absolute atomic E-state index is 14.0. The number of piperazine rings is 1. The molecule has 2 atom stereocenters. The van der Waals surface area contributed by atoms with Gasteiger partial charge in [-0.2, -0.15) is 0 Å². The summed E-state index contributed by atoms with van der Waals surface area (Å²) in [5.41, 5.74) is 1.42. The largest absolute Gasteiger partial charge is 0.367 e. The molecule has 5 nitrogen and oxygen atoms in total. The zero-order valence-electron chi connectivity index (χ0n) is 16.2. The number of carbonyl (C=O) groups excluding carboxylic acids is 1. The van der Waals surface area contributed by atoms with Crippen LogP contribution in [-0.2, 0) is 0 Å². The van der Waals surface area contributed by atoms with Crippen molar-refractivity contribution in [1.82, 2.24) is 15.2 Å². The number of benzene rings is 1. The van der Waals surface area contributed by atoms with Crippen molar-refractivity contribution in [2.45, 2.75) is 31.7 Å². The molecule has 0 bridgehead atoms. The molecule has 0 spiro atoms. The summed E-state index contributed by atoms with van der Waals surface area (Å²) in [6, 6.07) is 9.11. The van der Waals surface area contributed by atoms with Gasteiger partial charge in [-0.3, -0.25) is 9.69 Å². The first-order valence-corrected chi connectivity index (χ1v) is 10.3. The van der Waals surface area contributed by atoms with Crippen molar-refractivity contribution in [2.75, 3.05) is 37.6 Å². The number of para-hydroxylation sites is 1. The Morgan fingerprint density at radius 2 is 1.96 bits per heavy atom. The van der Waals surface area contributed by atoms with Crippen molar-refractivity contribution < 1.29 is 9.18 Å². The van der Waals surface area contributed by atoms with Crippen molar-refractivity contribution in [1.29, 1.82) is 0 Å². The van der Waals surface area contributed by atoms with E-state index in [1.807, 2.05) is 18.2 Å². The highest BCUT2D eigenvalue weighted by molar-refractivity contribution is 5.94. The van der Waals surface area contributed by atoms with Crippen LogP contribution in [0.1, 0.15) is 36.0 Å². The maximum Gasteiger partial charge on any atom is 0.253 e. The highest BCUT2D eigenvalue weighted by Crippen LogP contribution is 2.27. The van der Waals surface area contributed by atoms with E-state index in [0.29, 0.717) is 17.2 Å². The number of rotatable bonds is 5. The van der Waals surface area contributed by atoms with Crippen LogP contribution in [0.15, 0.2) is 42.7 Å². The van der Waals surface area contributed by atoms with E-state index in [1.165, 1.54) is 12.5 Å². The summed E-state index contributed by atoms with van der Waals surface area (Å²) in [5.74, 6) is 0.500. The molecule has 2 heterocycles. The van der Waals surface area contributed by atoms with Gasteiger partial charge >= 0.3 is 0 Å². The predicted octanol–water partition coefficient (Wildman–Crippen LogP) is 3.26. The highest BCUT2D eigenvalue weighted by atomic mass is 19.1. The van der Waals surface area contributed by atoms with Crippen LogP contribution in [0.4, 0.5) is 10.1 Å². The van der Waals surface area contributed by atoms with Crippen molar-refractivity contribution >= 4 is 11.6 Å². The first kappa shape index (κ1) is 19.0. The Labute approximate surface area is 165 Å². The number of carbonyl (C=O) groups is 1. The summed E-state index contributed by atoms with van der Waals surface area (Å²) in [6.45, 7) is 4.72. The summed E-state index contributed by atoms with van der Waals surface area (Å²) in [6.07, 6.45) is 8.02. The fourth-order valence-corrected chi connectivity index (χ4v) is 4.57. The van der Waals surface area contributed by atoms with Gasteiger partial charge in [0.2, 0.25) is 0 Å². The number of hydrogen-bond acceptors (Lipinski definition) is 3. The van der Waals surface area contributed by atoms with E-state index in [9.17, 15) is 9.18 Å². The molecule has 2 aliphatic rings. The van der Waals surface area contributed by atoms with Gasteiger partial charge < -0.3 is 15.2 Å². The zero-order valence-corrected chi connectivity index (χ0v) is 16.2. The lowest BCUT2D eigenvalue weighted by Gasteiger charge is -2.39. The number of aromatic nitrogens is 1. The van der Waals surface area contributed by atoms with E-state index in [1.54, 1.807) is 18.5 Å². The monoisotopic (exact) mass is 384 g/mol. The molecule has 2 N–H and O–H groups in total. The predicted molar refractivity (Wildman–Crippen MR) is 109 cm³/mol. The fourth-order valence-electron chi connectivity index (χ4n) is 4.57. The smallest absolute Gasteiger partial charge is 0.253 e. The van der Waals surface area contributed by atoms with Gasteiger partial charge in [-0.05, 0) is 43.4 Å². The number of H-pyrrole nitrogens is 1. The van der Waals surface area contributed by atoms with E-state index in [4.69, 9.17) is 0 Å². The summed E-state index contributed by atoms with van der Waals surface area (Å²) in [7, 11) is 0. The van der Waals surface area contributed by atoms with Gasteiger partial charge in [-0.25, -0.2) is 4.39 Å². The summed E-state index contributed by atoms with van der Waals surface area (Å²) in [5, 5.41) is 3.20. The minimum absolute atomic E-state index is 0.0189. The van der Waals surface area contributed by atoms with Crippen LogP contribution in [0.5, 0.6) is 0 Å². The Morgan fingerprint density at radius 1 is 1.14 bits per heavy atom. The highest BCUT2D eigenvalue weighted by Gasteiger charge is 2.27. The van der Waals surface area contributed by atoms with Gasteiger partial charge in [0.05, 0.1) is 11.3 Å². The third kappa shape index (κ3) is 4.55. The second-order valence-electron chi connectivity index (χ2n) is 8.04. The molecular weight excluding hydrogens is 355 g/mol. The quantitative estimate of drug-likeness (QED) is 0.832. The second kappa shape index (κ2) is 8.78. The lowest BCUT2D eigenvalue weighted by Crippen LogP contribution is -2.49. The van der Waals surface area contributed by atoms with Crippen LogP contribution in [0, 0.1) is 11.7 Å². The molecule has 4 rings (SSSR count). The molecule has 150 valence electrons. The van der Waals surface area contributed by atoms with E-state index in [0.717, 1.165) is 52.0 Å². The van der Waals surface area contributed by atoms with Crippen molar-refractivity contribution in [2.24, 2.45) is 5.92 Å². The van der Waals surface area contributed by atoms with E-state index < -0.39 is 0 Å². The minimum atomic E-state index is -0.135. The third-order valence-corrected chi connectivity index (χ3v) is 6.06. The van der Waals surface area contributed by atoms with E-state index in [2.05, 4.69) is 20.1 Å². The van der Waals surface area contributed by atoms with Gasteiger partial charge in [0.25, 0.3) is 5.91 Å². The molecule has 1 aromatic heterocycles. The number of aromatic amines is 1. The minimum Gasteiger partial charge on any atom is -0.367 e. The second-order valence-corrected chi connectivity index (χ2v) is 8.04. The Bertz CT molecular complexity index is 771. The molecule has 1 aliphatic heterocycles. The third-order valence-electron chi connectivity index (χ3n) is 6.06. The number of hydrogen-bond donors (Lipinski definition) is 2. The lowest BCUT2D eigenvalue weighted by atomic mass is 9.85. The van der Waals surface area contributed by atoms with Gasteiger partial charge in [0.15, 0.2) is 0 Å². The average Bonchev–Trinajstić information content (AvgIpc) is 3.25. The van der Waals surface area contributed by atoms with Crippen LogP contribution >= 0.6 is 0 Å². The molecule has 0 unspecified atom stereocenters. The van der Waals surface area contributed by atoms with Crippen molar-refractivity contribution in [3.63, 3.8) is 0 Å². The van der Waals surface area contributed by atoms with Gasteiger partial charge in [0, 0.05) is 51.2 Å². The summed E-state index contributed by atoms with van der Waals surface area (Å²) in [4.78, 5) is 19.9. The topological polar surface area (TPSA) is 51.4 Å². The summed E-state index contributed by atoms with van der Waals surface area (Å²) < 4.78 is 14.0. The standard InChI is InChI=1S/C22H29FN4O/c23-20-6-1-2-7-21(20)27-12-10-26(11-13-27)16-17-4-3-5-19(14-17)25-22(28)18-8-9-24-15-18/h1-2,6-9,15,17,19,24H,3-5,10-14,16H2,(H,25,28)/t17-,19-/m1/s1. The fraction of sp³-hybridized carbons (Fsp3) is 0.500. The zero-order chi connectivity index (χ0) is 19.3. The van der Waals surface area contributed by atoms with Crippen molar-refractivity contribution in [3.05, 3.63) is 54.1 Å². The number of anilines is 1. The molecule has 2 fully saturated rings. The molecule has 28 heavy (non-hydrogen) atoms. The van der Waals surface area contributed by atoms with E-state index in [-0.39, 0.29) is 17.8 Å². The number of amides is 1. The van der Waals surface area contributed by atoms with Crippen LogP contribution in [0.2, 0.25) is 0 Å². The number of nitrogens with zero attached hydrogens (tertiary/aromatic N) is 2. The number of nitrogens with one attached hydrogen (secondary N) is 2. The average molecular weight is 384 g/mol. The number of halogens is 1. The SMILES string of the molecule is O=C(N[C@@H]1CCC[C@@H](CN2CCN(c3ccccc3F)CC2)C1)c1cc[nH]c1. The molecule has 6 heteroatoms. The van der Waals surface area contributed by atoms with E-state index >= 15 is 0 Å². The molecule has 1 saturated carbocycles. The van der Waals surface area contributed by atoms with Gasteiger partial charge in [-0.1, -0.05) is 18.6 Å². The molecule has 1 saturated heterocycles. The van der Waals surface area contributed by atoms with Gasteiger partial charge in [-0.15, -0.1) is 0 Å². The molecular formula is C22H29FN4O. The summed E-state index contributed by atoms with van der Waals surface area (Å²) >= 11 is 0. The molecule has 1 aliphatic carbocycles. The first-order valence-electron chi connectivity index (χ1n) is 10.3. The molecule has 0 radical (unpaired) electrons. The maximum atomic E-state index is 14.0. The Kier molecular flexibility index (Phi) is 5.95. The Morgan fingerprint density at radius 3 is 2.71 bits per heavy atom. The Hall–Kier alpha value is -2.34. The normalized spacial score (nSPS) is 23.5. The molecule has 1 amide bonds. The van der Waals surface area contributed by atoms with Crippen molar-refractivity contribution in [3.8, 4) is 0 Å². The molecule has 1 aromatic carbocycles. The van der Waals surface area contributed by atoms with Crippen LogP contribution in [-0.4, -0.2) is 54.6 Å². The van der Waals surface area contributed by atoms with Crippen LogP contribution in [0.25, 0.3) is 0 Å². The van der Waals surface area contributed by atoms with Crippen LogP contribution < -0.4 is 10.2 Å².